The van der Waals surface area contributed by atoms with Gasteiger partial charge in [0.25, 0.3) is 5.41 Å². The van der Waals surface area contributed by atoms with E-state index < -0.39 is 29.5 Å². The molecule has 0 saturated carbocycles. The Hall–Kier alpha value is -1.51. The fraction of sp³-hybridized carbons (Fsp3) is 0.182. The van der Waals surface area contributed by atoms with Crippen molar-refractivity contribution >= 4 is 22.6 Å². The largest absolute Gasteiger partial charge is 0.416 e. The molecule has 0 aromatic heterocycles. The lowest BCUT2D eigenvalue weighted by molar-refractivity contribution is -0.597. The molecule has 0 nitrogen and oxygen atoms in total. The Morgan fingerprint density at radius 1 is 0.485 bits per heavy atom. The van der Waals surface area contributed by atoms with Gasteiger partial charge in [0.05, 0.1) is 0 Å². The standard InChI is InChI=1S/C12H10I.C10H4F9I/c1-3-7-11(8-4-1)13-12-9-5-2-6-10-12;11-8(12,13)7(9(14,15)16,10(17,18)19)5-1-3-6(20)4-2-5/h1-10H;1-4H/q+1;. The van der Waals surface area contributed by atoms with Crippen molar-refractivity contribution < 1.29 is 60.7 Å². The number of hydrogen-bond acceptors (Lipinski definition) is 0. The zero-order valence-electron chi connectivity index (χ0n) is 16.2. The normalized spacial score (nSPS) is 12.7. The van der Waals surface area contributed by atoms with Crippen LogP contribution in [0.1, 0.15) is 5.56 Å². The first kappa shape index (κ1) is 27.7. The smallest absolute Gasteiger partial charge is 0.169 e. The molecule has 11 heteroatoms. The molecular weight excluding hydrogens is 689 g/mol. The topological polar surface area (TPSA) is 0 Å². The molecule has 0 unspecified atom stereocenters. The van der Waals surface area contributed by atoms with Crippen molar-refractivity contribution in [3.63, 3.8) is 0 Å². The quantitative estimate of drug-likeness (QED) is 0.266. The van der Waals surface area contributed by atoms with Crippen molar-refractivity contribution in [2.45, 2.75) is 23.9 Å². The van der Waals surface area contributed by atoms with E-state index in [1.165, 1.54) is 7.14 Å². The maximum absolute atomic E-state index is 12.7. The summed E-state index contributed by atoms with van der Waals surface area (Å²) in [6.45, 7) is 0. The van der Waals surface area contributed by atoms with Gasteiger partial charge in [-0.25, -0.2) is 0 Å². The van der Waals surface area contributed by atoms with Crippen molar-refractivity contribution in [3.05, 3.63) is 101 Å². The summed E-state index contributed by atoms with van der Waals surface area (Å²) < 4.78 is 118. The minimum Gasteiger partial charge on any atom is -0.169 e. The average Bonchev–Trinajstić information content (AvgIpc) is 2.69. The lowest BCUT2D eigenvalue weighted by Gasteiger charge is -2.38. The van der Waals surface area contributed by atoms with Gasteiger partial charge in [-0.1, -0.05) is 48.5 Å². The van der Waals surface area contributed by atoms with Crippen LogP contribution in [-0.2, 0) is 5.41 Å². The van der Waals surface area contributed by atoms with Crippen LogP contribution in [0.2, 0.25) is 0 Å². The second-order valence-corrected chi connectivity index (χ2v) is 10.7. The highest BCUT2D eigenvalue weighted by atomic mass is 127. The van der Waals surface area contributed by atoms with Crippen LogP contribution < -0.4 is 21.2 Å². The van der Waals surface area contributed by atoms with Gasteiger partial charge in [0.2, 0.25) is 0 Å². The zero-order chi connectivity index (χ0) is 24.9. The summed E-state index contributed by atoms with van der Waals surface area (Å²) in [6.07, 6.45) is -19.7. The molecule has 0 saturated heterocycles. The summed E-state index contributed by atoms with van der Waals surface area (Å²) in [5.41, 5.74) is -7.82. The number of benzene rings is 3. The maximum Gasteiger partial charge on any atom is 0.416 e. The minimum absolute atomic E-state index is 0.0287. The molecule has 3 aromatic carbocycles. The Bertz CT molecular complexity index is 921. The number of hydrogen-bond donors (Lipinski definition) is 0. The van der Waals surface area contributed by atoms with E-state index in [1.807, 2.05) is 0 Å². The molecule has 0 N–H and O–H groups in total. The van der Waals surface area contributed by atoms with E-state index in [4.69, 9.17) is 0 Å². The summed E-state index contributed by atoms with van der Waals surface area (Å²) in [6, 6.07) is 23.2. The highest BCUT2D eigenvalue weighted by Gasteiger charge is 2.84. The van der Waals surface area contributed by atoms with E-state index in [0.717, 1.165) is 12.1 Å². The predicted octanol–water partition coefficient (Wildman–Crippen LogP) is 5.03. The molecule has 0 atom stereocenters. The van der Waals surface area contributed by atoms with Crippen LogP contribution in [0, 0.1) is 10.7 Å². The van der Waals surface area contributed by atoms with Gasteiger partial charge in [0, 0.05) is 3.57 Å². The third-order valence-electron chi connectivity index (χ3n) is 4.24. The second kappa shape index (κ2) is 10.8. The first-order chi connectivity index (χ1) is 15.2. The van der Waals surface area contributed by atoms with Gasteiger partial charge >= 0.3 is 39.7 Å². The summed E-state index contributed by atoms with van der Waals surface area (Å²) >= 11 is 1.57. The van der Waals surface area contributed by atoms with Crippen LogP contribution in [-0.4, -0.2) is 18.5 Å². The molecule has 178 valence electrons. The monoisotopic (exact) mass is 703 g/mol. The van der Waals surface area contributed by atoms with Crippen molar-refractivity contribution in [3.8, 4) is 0 Å². The molecule has 0 spiro atoms. The molecule has 0 bridgehead atoms. The molecule has 3 rings (SSSR count). The van der Waals surface area contributed by atoms with Gasteiger partial charge in [-0.05, 0) is 64.6 Å². The Kier molecular flexibility index (Phi) is 9.10. The van der Waals surface area contributed by atoms with E-state index in [1.54, 1.807) is 22.6 Å². The van der Waals surface area contributed by atoms with Crippen LogP contribution in [0.4, 0.5) is 39.5 Å². The molecule has 0 aliphatic heterocycles. The highest BCUT2D eigenvalue weighted by Crippen LogP contribution is 2.60. The van der Waals surface area contributed by atoms with E-state index in [0.29, 0.717) is 0 Å². The Morgan fingerprint density at radius 3 is 1.12 bits per heavy atom. The molecule has 0 aliphatic rings. The van der Waals surface area contributed by atoms with Gasteiger partial charge < -0.3 is 0 Å². The Morgan fingerprint density at radius 2 is 0.818 bits per heavy atom. The van der Waals surface area contributed by atoms with Crippen LogP contribution in [0.25, 0.3) is 0 Å². The molecule has 0 radical (unpaired) electrons. The average molecular weight is 703 g/mol. The third kappa shape index (κ3) is 6.55. The van der Waals surface area contributed by atoms with Crippen molar-refractivity contribution in [2.75, 3.05) is 0 Å². The number of rotatable bonds is 3. The number of halogens is 11. The van der Waals surface area contributed by atoms with Crippen molar-refractivity contribution in [1.29, 1.82) is 0 Å². The SMILES string of the molecule is FC(F)(F)C(c1ccc(I)cc1)(C(F)(F)F)C(F)(F)F.c1ccc([I+]c2ccccc2)cc1. The maximum atomic E-state index is 12.7. The molecule has 3 aromatic rings. The summed E-state index contributed by atoms with van der Waals surface area (Å²) in [7, 11) is 0. The van der Waals surface area contributed by atoms with Gasteiger partial charge in [-0.2, -0.15) is 39.5 Å². The Balaban J connectivity index is 0.000000254. The van der Waals surface area contributed by atoms with Gasteiger partial charge in [0.1, 0.15) is 0 Å². The van der Waals surface area contributed by atoms with Gasteiger partial charge in [0.15, 0.2) is 7.14 Å². The van der Waals surface area contributed by atoms with E-state index in [9.17, 15) is 39.5 Å². The molecule has 0 fully saturated rings. The molecular formula is C22H14F9I2+. The molecule has 0 aliphatic carbocycles. The van der Waals surface area contributed by atoms with E-state index in [2.05, 4.69) is 60.7 Å². The van der Waals surface area contributed by atoms with Crippen molar-refractivity contribution in [2.24, 2.45) is 0 Å². The highest BCUT2D eigenvalue weighted by molar-refractivity contribution is 14.1. The van der Waals surface area contributed by atoms with E-state index >= 15 is 0 Å². The zero-order valence-corrected chi connectivity index (χ0v) is 20.6. The summed E-state index contributed by atoms with van der Waals surface area (Å²) in [5, 5.41) is 0. The van der Waals surface area contributed by atoms with Crippen LogP contribution >= 0.6 is 22.6 Å². The van der Waals surface area contributed by atoms with Crippen LogP contribution in [0.5, 0.6) is 0 Å². The van der Waals surface area contributed by atoms with Gasteiger partial charge in [-0.15, -0.1) is 0 Å². The summed E-state index contributed by atoms with van der Waals surface area (Å²) in [5.74, 6) is 0. The first-order valence-electron chi connectivity index (χ1n) is 8.91. The third-order valence-corrected chi connectivity index (χ3v) is 7.64. The fourth-order valence-corrected chi connectivity index (χ4v) is 5.38. The number of alkyl halides is 9. The van der Waals surface area contributed by atoms with Gasteiger partial charge in [-0.3, -0.25) is 0 Å². The predicted molar refractivity (Wildman–Crippen MR) is 109 cm³/mol. The van der Waals surface area contributed by atoms with Crippen LogP contribution in [0.3, 0.4) is 0 Å². The lowest BCUT2D eigenvalue weighted by atomic mass is 9.78. The fourth-order valence-electron chi connectivity index (χ4n) is 2.75. The Labute approximate surface area is 207 Å². The minimum atomic E-state index is -6.57. The van der Waals surface area contributed by atoms with Crippen LogP contribution in [0.15, 0.2) is 84.9 Å². The van der Waals surface area contributed by atoms with E-state index in [-0.39, 0.29) is 36.9 Å². The van der Waals surface area contributed by atoms with Crippen molar-refractivity contribution in [1.82, 2.24) is 0 Å². The lowest BCUT2D eigenvalue weighted by Crippen LogP contribution is -3.61. The molecule has 0 amide bonds. The molecule has 0 heterocycles. The summed E-state index contributed by atoms with van der Waals surface area (Å²) in [4.78, 5) is 0. The second-order valence-electron chi connectivity index (χ2n) is 6.44. The first-order valence-corrected chi connectivity index (χ1v) is 12.1. The molecule has 33 heavy (non-hydrogen) atoms.